The number of hydrogen-bond donors (Lipinski definition) is 1. The Morgan fingerprint density at radius 1 is 1.52 bits per heavy atom. The van der Waals surface area contributed by atoms with Crippen LogP contribution in [0.1, 0.15) is 23.7 Å². The first-order valence-corrected chi connectivity index (χ1v) is 10.5. The lowest BCUT2D eigenvalue weighted by atomic mass is 10.2. The van der Waals surface area contributed by atoms with E-state index in [0.29, 0.717) is 18.2 Å². The van der Waals surface area contributed by atoms with Gasteiger partial charge in [-0.2, -0.15) is 0 Å². The Balaban J connectivity index is 1.98. The molecule has 152 valence electrons. The Kier molecular flexibility index (Phi) is 5.36. The van der Waals surface area contributed by atoms with E-state index in [9.17, 15) is 14.0 Å². The fourth-order valence-corrected chi connectivity index (χ4v) is 4.43. The van der Waals surface area contributed by atoms with Crippen LogP contribution in [-0.2, 0) is 4.74 Å². The van der Waals surface area contributed by atoms with Crippen LogP contribution in [0.4, 0.5) is 10.2 Å². The number of hydrogen-bond acceptors (Lipinski definition) is 8. The molecule has 4 heterocycles. The minimum absolute atomic E-state index is 0.0216. The fraction of sp³-hybridized carbons (Fsp3) is 0.333. The van der Waals surface area contributed by atoms with E-state index >= 15 is 0 Å². The maximum atomic E-state index is 14.9. The van der Waals surface area contributed by atoms with Crippen molar-refractivity contribution in [3.05, 3.63) is 43.9 Å². The third kappa shape index (κ3) is 3.65. The summed E-state index contributed by atoms with van der Waals surface area (Å²) in [6.45, 7) is 2.80. The molecule has 1 atom stereocenters. The second-order valence-electron chi connectivity index (χ2n) is 6.57. The van der Waals surface area contributed by atoms with Gasteiger partial charge in [0.05, 0.1) is 22.0 Å². The second kappa shape index (κ2) is 7.81. The standard InChI is InChI=1S/C18H17BrFN5O3S/c1-2-28-17(27)11-8-25(18-22-6-13(19)29-18)15-10(14(11)26)5-12(20)16(23-15)24-4-3-9(21)7-24/h5-6,8-9H,2-4,7,21H2,1H3. The van der Waals surface area contributed by atoms with Crippen molar-refractivity contribution in [3.63, 3.8) is 0 Å². The quantitative estimate of drug-likeness (QED) is 0.570. The zero-order valence-electron chi connectivity index (χ0n) is 15.4. The van der Waals surface area contributed by atoms with Crippen LogP contribution in [0, 0.1) is 5.82 Å². The van der Waals surface area contributed by atoms with Crippen molar-refractivity contribution in [3.8, 4) is 5.13 Å². The van der Waals surface area contributed by atoms with Gasteiger partial charge in [0.15, 0.2) is 22.4 Å². The van der Waals surface area contributed by atoms with E-state index in [1.807, 2.05) is 0 Å². The van der Waals surface area contributed by atoms with Crippen molar-refractivity contribution in [2.24, 2.45) is 5.73 Å². The lowest BCUT2D eigenvalue weighted by molar-refractivity contribution is 0.0524. The summed E-state index contributed by atoms with van der Waals surface area (Å²) in [5.41, 5.74) is 5.31. The van der Waals surface area contributed by atoms with E-state index in [1.54, 1.807) is 18.0 Å². The number of nitrogens with zero attached hydrogens (tertiary/aromatic N) is 4. The van der Waals surface area contributed by atoms with Gasteiger partial charge in [0.25, 0.3) is 0 Å². The first-order chi connectivity index (χ1) is 13.9. The number of anilines is 1. The largest absolute Gasteiger partial charge is 0.462 e. The summed E-state index contributed by atoms with van der Waals surface area (Å²) in [5, 5.41) is 0.447. The number of carbonyl (C=O) groups excluding carboxylic acids is 1. The number of halogens is 2. The van der Waals surface area contributed by atoms with Crippen molar-refractivity contribution in [1.29, 1.82) is 0 Å². The van der Waals surface area contributed by atoms with Crippen LogP contribution in [-0.4, -0.2) is 46.2 Å². The van der Waals surface area contributed by atoms with Crippen molar-refractivity contribution >= 4 is 50.1 Å². The third-order valence-electron chi connectivity index (χ3n) is 4.60. The zero-order chi connectivity index (χ0) is 20.7. The minimum Gasteiger partial charge on any atom is -0.462 e. The summed E-state index contributed by atoms with van der Waals surface area (Å²) in [7, 11) is 0. The van der Waals surface area contributed by atoms with Gasteiger partial charge in [-0.15, -0.1) is 0 Å². The third-order valence-corrected chi connectivity index (χ3v) is 6.08. The monoisotopic (exact) mass is 481 g/mol. The molecule has 1 aliphatic rings. The highest BCUT2D eigenvalue weighted by atomic mass is 79.9. The molecule has 0 aromatic carbocycles. The van der Waals surface area contributed by atoms with E-state index in [4.69, 9.17) is 10.5 Å². The lowest BCUT2D eigenvalue weighted by Gasteiger charge is -2.19. The summed E-state index contributed by atoms with van der Waals surface area (Å²) in [4.78, 5) is 35.7. The summed E-state index contributed by atoms with van der Waals surface area (Å²) < 4.78 is 22.1. The van der Waals surface area contributed by atoms with Crippen molar-refractivity contribution in [2.75, 3.05) is 24.6 Å². The van der Waals surface area contributed by atoms with Gasteiger partial charge in [-0.25, -0.2) is 19.2 Å². The van der Waals surface area contributed by atoms with Crippen LogP contribution in [0.2, 0.25) is 0 Å². The number of fused-ring (bicyclic) bond motifs is 1. The Labute approximate surface area is 177 Å². The van der Waals surface area contributed by atoms with E-state index in [2.05, 4.69) is 25.9 Å². The molecule has 4 rings (SSSR count). The van der Waals surface area contributed by atoms with Gasteiger partial charge in [0, 0.05) is 25.3 Å². The van der Waals surface area contributed by atoms with E-state index in [0.717, 1.165) is 16.3 Å². The number of ether oxygens (including phenoxy) is 1. The first kappa shape index (κ1) is 19.9. The topological polar surface area (TPSA) is 103 Å². The molecule has 0 saturated carbocycles. The molecule has 0 bridgehead atoms. The van der Waals surface area contributed by atoms with E-state index < -0.39 is 17.2 Å². The van der Waals surface area contributed by atoms with Gasteiger partial charge in [-0.3, -0.25) is 9.36 Å². The highest BCUT2D eigenvalue weighted by Gasteiger charge is 2.26. The van der Waals surface area contributed by atoms with Gasteiger partial charge < -0.3 is 15.4 Å². The number of aromatic nitrogens is 3. The molecule has 3 aromatic heterocycles. The Morgan fingerprint density at radius 3 is 2.93 bits per heavy atom. The number of nitrogens with two attached hydrogens (primary N) is 1. The van der Waals surface area contributed by atoms with Crippen LogP contribution in [0.15, 0.2) is 27.0 Å². The molecule has 1 saturated heterocycles. The minimum atomic E-state index is -0.779. The number of rotatable bonds is 4. The molecule has 8 nitrogen and oxygen atoms in total. The maximum absolute atomic E-state index is 14.9. The molecule has 1 aliphatic heterocycles. The van der Waals surface area contributed by atoms with Crippen LogP contribution in [0.3, 0.4) is 0 Å². The molecule has 3 aromatic rings. The number of carbonyl (C=O) groups is 1. The highest BCUT2D eigenvalue weighted by Crippen LogP contribution is 2.28. The number of thiazole rings is 1. The van der Waals surface area contributed by atoms with Gasteiger partial charge in [0.2, 0.25) is 5.43 Å². The molecule has 0 aliphatic carbocycles. The molecule has 1 fully saturated rings. The van der Waals surface area contributed by atoms with Crippen molar-refractivity contribution in [2.45, 2.75) is 19.4 Å². The smallest absolute Gasteiger partial charge is 0.343 e. The zero-order valence-corrected chi connectivity index (χ0v) is 17.8. The number of esters is 1. The predicted octanol–water partition coefficient (Wildman–Crippen LogP) is 2.46. The normalized spacial score (nSPS) is 16.6. The summed E-state index contributed by atoms with van der Waals surface area (Å²) in [6, 6.07) is 1.06. The molecular formula is C18H17BrFN5O3S. The molecule has 0 radical (unpaired) electrons. The molecule has 1 unspecified atom stereocenters. The SMILES string of the molecule is CCOC(=O)c1cn(-c2ncc(Br)s2)c2nc(N3CCC(N)C3)c(F)cc2c1=O. The Bertz CT molecular complexity index is 1160. The van der Waals surface area contributed by atoms with Crippen molar-refractivity contribution in [1.82, 2.24) is 14.5 Å². The highest BCUT2D eigenvalue weighted by molar-refractivity contribution is 9.11. The number of pyridine rings is 2. The Hall–Kier alpha value is -2.37. The van der Waals surface area contributed by atoms with Crippen LogP contribution in [0.5, 0.6) is 0 Å². The lowest BCUT2D eigenvalue weighted by Crippen LogP contribution is -2.28. The van der Waals surface area contributed by atoms with Gasteiger partial charge >= 0.3 is 5.97 Å². The predicted molar refractivity (Wildman–Crippen MR) is 111 cm³/mol. The Morgan fingerprint density at radius 2 is 2.31 bits per heavy atom. The average molecular weight is 482 g/mol. The van der Waals surface area contributed by atoms with E-state index in [-0.39, 0.29) is 35.1 Å². The van der Waals surface area contributed by atoms with E-state index in [1.165, 1.54) is 22.1 Å². The summed E-state index contributed by atoms with van der Waals surface area (Å²) >= 11 is 4.64. The molecular weight excluding hydrogens is 465 g/mol. The van der Waals surface area contributed by atoms with Gasteiger partial charge in [-0.1, -0.05) is 11.3 Å². The van der Waals surface area contributed by atoms with Crippen molar-refractivity contribution < 1.29 is 13.9 Å². The second-order valence-corrected chi connectivity index (χ2v) is 8.96. The average Bonchev–Trinajstić information content (AvgIpc) is 3.30. The summed E-state index contributed by atoms with van der Waals surface area (Å²) in [6.07, 6.45) is 3.67. The fourth-order valence-electron chi connectivity index (χ4n) is 3.27. The molecule has 11 heteroatoms. The van der Waals surface area contributed by atoms with Crippen LogP contribution < -0.4 is 16.1 Å². The molecule has 0 amide bonds. The van der Waals surface area contributed by atoms with Gasteiger partial charge in [-0.05, 0) is 35.3 Å². The summed E-state index contributed by atoms with van der Waals surface area (Å²) in [5.74, 6) is -1.30. The van der Waals surface area contributed by atoms with Crippen LogP contribution >= 0.6 is 27.3 Å². The first-order valence-electron chi connectivity index (χ1n) is 8.94. The van der Waals surface area contributed by atoms with Crippen LogP contribution in [0.25, 0.3) is 16.2 Å². The molecule has 0 spiro atoms. The molecule has 29 heavy (non-hydrogen) atoms. The maximum Gasteiger partial charge on any atom is 0.343 e. The molecule has 2 N–H and O–H groups in total. The van der Waals surface area contributed by atoms with Gasteiger partial charge in [0.1, 0.15) is 5.56 Å².